The van der Waals surface area contributed by atoms with Crippen LogP contribution in [0.25, 0.3) is 0 Å². The molecule has 1 amide bonds. The van der Waals surface area contributed by atoms with E-state index in [1.54, 1.807) is 14.2 Å². The summed E-state index contributed by atoms with van der Waals surface area (Å²) in [6.07, 6.45) is 3.84. The maximum atomic E-state index is 12.0. The van der Waals surface area contributed by atoms with Crippen LogP contribution in [0.4, 0.5) is 0 Å². The zero-order valence-electron chi connectivity index (χ0n) is 18.9. The third kappa shape index (κ3) is 8.06. The first-order chi connectivity index (χ1) is 15.2. The zero-order chi connectivity index (χ0) is 21.9. The summed E-state index contributed by atoms with van der Waals surface area (Å²) < 4.78 is 7.11. The third-order valence-corrected chi connectivity index (χ3v) is 5.28. The van der Waals surface area contributed by atoms with Gasteiger partial charge < -0.3 is 24.8 Å². The number of imidazole rings is 1. The van der Waals surface area contributed by atoms with Gasteiger partial charge in [0.15, 0.2) is 5.96 Å². The molecule has 1 aliphatic rings. The van der Waals surface area contributed by atoms with Crippen LogP contribution in [0.5, 0.6) is 0 Å². The predicted octanol–water partition coefficient (Wildman–Crippen LogP) is 1.01. The first-order valence-electron chi connectivity index (χ1n) is 10.7. The van der Waals surface area contributed by atoms with E-state index >= 15 is 0 Å². The number of hydrogen-bond acceptors (Lipinski definition) is 5. The molecule has 1 aromatic heterocycles. The summed E-state index contributed by atoms with van der Waals surface area (Å²) in [7, 11) is 3.43. The van der Waals surface area contributed by atoms with Crippen LogP contribution in [0.2, 0.25) is 0 Å². The summed E-state index contributed by atoms with van der Waals surface area (Å²) in [4.78, 5) is 25.3. The number of benzene rings is 1. The molecule has 0 spiro atoms. The maximum absolute atomic E-state index is 12.0. The molecule has 1 fully saturated rings. The minimum atomic E-state index is 0. The van der Waals surface area contributed by atoms with Gasteiger partial charge in [-0.2, -0.15) is 0 Å². The van der Waals surface area contributed by atoms with Crippen molar-refractivity contribution in [2.24, 2.45) is 4.99 Å². The molecule has 0 unspecified atom stereocenters. The Kier molecular flexibility index (Phi) is 11.5. The van der Waals surface area contributed by atoms with Gasteiger partial charge in [0, 0.05) is 65.8 Å². The summed E-state index contributed by atoms with van der Waals surface area (Å²) >= 11 is 0. The second kappa shape index (κ2) is 14.1. The van der Waals surface area contributed by atoms with Crippen molar-refractivity contribution >= 4 is 35.8 Å². The number of amides is 1. The molecule has 32 heavy (non-hydrogen) atoms. The van der Waals surface area contributed by atoms with Crippen molar-refractivity contribution in [3.8, 4) is 0 Å². The van der Waals surface area contributed by atoms with Crippen LogP contribution in [0.15, 0.2) is 47.7 Å². The van der Waals surface area contributed by atoms with Crippen molar-refractivity contribution in [2.45, 2.75) is 13.1 Å². The summed E-state index contributed by atoms with van der Waals surface area (Å²) in [5.41, 5.74) is 1.24. The lowest BCUT2D eigenvalue weighted by atomic mass is 10.2. The molecule has 1 saturated heterocycles. The van der Waals surface area contributed by atoms with Crippen molar-refractivity contribution in [3.63, 3.8) is 0 Å². The topological polar surface area (TPSA) is 87.0 Å². The number of guanidine groups is 1. The lowest BCUT2D eigenvalue weighted by molar-refractivity contribution is -0.122. The average Bonchev–Trinajstić information content (AvgIpc) is 3.23. The molecule has 0 atom stereocenters. The van der Waals surface area contributed by atoms with Gasteiger partial charge in [0.1, 0.15) is 5.82 Å². The van der Waals surface area contributed by atoms with Crippen molar-refractivity contribution in [1.82, 2.24) is 30.0 Å². The molecule has 1 aliphatic heterocycles. The molecule has 2 aromatic rings. The number of methoxy groups -OCH3 is 1. The van der Waals surface area contributed by atoms with Crippen LogP contribution in [0.1, 0.15) is 11.4 Å². The predicted molar refractivity (Wildman–Crippen MR) is 136 cm³/mol. The van der Waals surface area contributed by atoms with Crippen LogP contribution < -0.4 is 10.6 Å². The van der Waals surface area contributed by atoms with Gasteiger partial charge in [-0.3, -0.25) is 14.7 Å². The first-order valence-corrected chi connectivity index (χ1v) is 10.7. The molecule has 1 aromatic carbocycles. The molecule has 9 nitrogen and oxygen atoms in total. The second-order valence-corrected chi connectivity index (χ2v) is 7.46. The van der Waals surface area contributed by atoms with Crippen LogP contribution in [-0.2, 0) is 22.6 Å². The Bertz CT molecular complexity index is 836. The lowest BCUT2D eigenvalue weighted by Gasteiger charge is -2.36. The number of nitrogens with zero attached hydrogens (tertiary/aromatic N) is 5. The highest BCUT2D eigenvalue weighted by Crippen LogP contribution is 2.07. The van der Waals surface area contributed by atoms with Gasteiger partial charge in [0.2, 0.25) is 5.91 Å². The number of halogens is 1. The van der Waals surface area contributed by atoms with E-state index in [1.165, 1.54) is 5.56 Å². The van der Waals surface area contributed by atoms with E-state index in [1.807, 2.05) is 18.5 Å². The van der Waals surface area contributed by atoms with E-state index < -0.39 is 0 Å². The summed E-state index contributed by atoms with van der Waals surface area (Å²) in [5, 5.41) is 6.31. The zero-order valence-corrected chi connectivity index (χ0v) is 21.2. The van der Waals surface area contributed by atoms with Gasteiger partial charge in [0.25, 0.3) is 0 Å². The number of hydrogen-bond donors (Lipinski definition) is 2. The molecule has 2 heterocycles. The van der Waals surface area contributed by atoms with Crippen molar-refractivity contribution in [3.05, 3.63) is 54.1 Å². The summed E-state index contributed by atoms with van der Waals surface area (Å²) in [6, 6.07) is 10.4. The van der Waals surface area contributed by atoms with E-state index in [9.17, 15) is 4.79 Å². The van der Waals surface area contributed by atoms with Gasteiger partial charge in [-0.05, 0) is 5.56 Å². The van der Waals surface area contributed by atoms with E-state index in [-0.39, 0.29) is 29.9 Å². The molecule has 0 bridgehead atoms. The van der Waals surface area contributed by atoms with Gasteiger partial charge in [0.05, 0.1) is 19.7 Å². The van der Waals surface area contributed by atoms with Gasteiger partial charge >= 0.3 is 0 Å². The van der Waals surface area contributed by atoms with Crippen molar-refractivity contribution in [2.75, 3.05) is 60.0 Å². The largest absolute Gasteiger partial charge is 0.383 e. The van der Waals surface area contributed by atoms with Gasteiger partial charge in [-0.25, -0.2) is 4.98 Å². The van der Waals surface area contributed by atoms with E-state index in [0.717, 1.165) is 44.5 Å². The number of carbonyl (C=O) groups excluding carboxylic acids is 1. The number of nitrogens with one attached hydrogen (secondary N) is 2. The maximum Gasteiger partial charge on any atom is 0.234 e. The summed E-state index contributed by atoms with van der Waals surface area (Å²) in [5.74, 6) is 1.87. The Morgan fingerprint density at radius 2 is 1.91 bits per heavy atom. The average molecular weight is 555 g/mol. The molecule has 176 valence electrons. The monoisotopic (exact) mass is 555 g/mol. The fraction of sp³-hybridized carbons (Fsp3) is 0.500. The van der Waals surface area contributed by atoms with Gasteiger partial charge in [-0.1, -0.05) is 30.3 Å². The summed E-state index contributed by atoms with van der Waals surface area (Å²) in [6.45, 7) is 6.18. The normalized spacial score (nSPS) is 14.7. The number of aromatic nitrogens is 2. The molecular weight excluding hydrogens is 521 g/mol. The Hall–Kier alpha value is -2.18. The minimum absolute atomic E-state index is 0. The van der Waals surface area contributed by atoms with E-state index in [0.29, 0.717) is 26.2 Å². The smallest absolute Gasteiger partial charge is 0.234 e. The molecule has 0 saturated carbocycles. The lowest BCUT2D eigenvalue weighted by Crippen LogP contribution is -2.54. The van der Waals surface area contributed by atoms with Gasteiger partial charge in [-0.15, -0.1) is 24.0 Å². The highest BCUT2D eigenvalue weighted by Gasteiger charge is 2.21. The van der Waals surface area contributed by atoms with Crippen molar-refractivity contribution in [1.29, 1.82) is 0 Å². The fourth-order valence-electron chi connectivity index (χ4n) is 3.59. The Balaban J connectivity index is 0.00000363. The highest BCUT2D eigenvalue weighted by molar-refractivity contribution is 14.0. The number of aliphatic imine (C=N–C) groups is 1. The Morgan fingerprint density at radius 3 is 2.59 bits per heavy atom. The third-order valence-electron chi connectivity index (χ3n) is 5.28. The number of piperazine rings is 1. The number of ether oxygens (including phenoxy) is 1. The van der Waals surface area contributed by atoms with E-state index in [4.69, 9.17) is 4.74 Å². The minimum Gasteiger partial charge on any atom is -0.383 e. The molecule has 3 rings (SSSR count). The standard InChI is InChI=1S/C22H33N7O2.HI/c1-23-22(28-13-11-27(12-14-28)18-21(30)25-9-15-31-2)26-16-20-24-8-10-29(20)17-19-6-4-3-5-7-19;/h3-8,10H,9,11-18H2,1-2H3,(H,23,26)(H,25,30);1H. The second-order valence-electron chi connectivity index (χ2n) is 7.46. The Labute approximate surface area is 207 Å². The van der Waals surface area contributed by atoms with Crippen LogP contribution in [0.3, 0.4) is 0 Å². The molecule has 0 radical (unpaired) electrons. The molecule has 0 aliphatic carbocycles. The first kappa shape index (κ1) is 26.1. The van der Waals surface area contributed by atoms with Crippen LogP contribution in [0, 0.1) is 0 Å². The van der Waals surface area contributed by atoms with Crippen LogP contribution in [-0.4, -0.2) is 91.3 Å². The number of rotatable bonds is 9. The molecule has 2 N–H and O–H groups in total. The highest BCUT2D eigenvalue weighted by atomic mass is 127. The van der Waals surface area contributed by atoms with Crippen LogP contribution >= 0.6 is 24.0 Å². The fourth-order valence-corrected chi connectivity index (χ4v) is 3.59. The van der Waals surface area contributed by atoms with Crippen molar-refractivity contribution < 1.29 is 9.53 Å². The SMILES string of the molecule is CN=C(NCc1nccn1Cc1ccccc1)N1CCN(CC(=O)NCCOC)CC1.I. The molecular formula is C22H34IN7O2. The quantitative estimate of drug-likeness (QED) is 0.208. The van der Waals surface area contributed by atoms with E-state index in [2.05, 4.69) is 59.2 Å². The number of carbonyl (C=O) groups is 1. The molecule has 10 heteroatoms. The Morgan fingerprint density at radius 1 is 1.16 bits per heavy atom.